The number of esters is 1. The van der Waals surface area contributed by atoms with Crippen LogP contribution < -0.4 is 4.90 Å². The molecule has 1 N–H and O–H groups in total. The van der Waals surface area contributed by atoms with E-state index in [4.69, 9.17) is 4.74 Å². The van der Waals surface area contributed by atoms with Crippen molar-refractivity contribution in [1.82, 2.24) is 4.98 Å². The Morgan fingerprint density at radius 3 is 3.15 bits per heavy atom. The fourth-order valence-electron chi connectivity index (χ4n) is 2.72. The molecule has 2 heterocycles. The zero-order chi connectivity index (χ0) is 14.4. The fourth-order valence-corrected chi connectivity index (χ4v) is 2.72. The Bertz CT molecular complexity index is 448. The second kappa shape index (κ2) is 7.24. The molecule has 1 aliphatic heterocycles. The van der Waals surface area contributed by atoms with Crippen LogP contribution in [0.1, 0.15) is 43.0 Å². The van der Waals surface area contributed by atoms with Crippen molar-refractivity contribution in [2.75, 3.05) is 24.7 Å². The molecule has 2 rings (SSSR count). The minimum atomic E-state index is -0.330. The van der Waals surface area contributed by atoms with Crippen LogP contribution >= 0.6 is 0 Å². The van der Waals surface area contributed by atoms with Crippen molar-refractivity contribution in [2.45, 2.75) is 38.6 Å². The second-order valence-corrected chi connectivity index (χ2v) is 4.95. The van der Waals surface area contributed by atoms with E-state index in [9.17, 15) is 9.90 Å². The van der Waals surface area contributed by atoms with Gasteiger partial charge in [0, 0.05) is 25.4 Å². The Hall–Kier alpha value is -1.62. The SMILES string of the molecule is CCOC(=O)c1cccnc1N1CCCCC1CCO. The van der Waals surface area contributed by atoms with Crippen LogP contribution in [0.4, 0.5) is 5.82 Å². The minimum Gasteiger partial charge on any atom is -0.462 e. The van der Waals surface area contributed by atoms with E-state index in [2.05, 4.69) is 9.88 Å². The summed E-state index contributed by atoms with van der Waals surface area (Å²) in [7, 11) is 0. The zero-order valence-electron chi connectivity index (χ0n) is 11.9. The van der Waals surface area contributed by atoms with Crippen molar-refractivity contribution < 1.29 is 14.6 Å². The van der Waals surface area contributed by atoms with Crippen molar-refractivity contribution in [2.24, 2.45) is 0 Å². The Labute approximate surface area is 119 Å². The van der Waals surface area contributed by atoms with Gasteiger partial charge in [-0.05, 0) is 44.7 Å². The van der Waals surface area contributed by atoms with Crippen molar-refractivity contribution >= 4 is 11.8 Å². The van der Waals surface area contributed by atoms with Gasteiger partial charge < -0.3 is 14.7 Å². The first-order valence-electron chi connectivity index (χ1n) is 7.27. The van der Waals surface area contributed by atoms with Gasteiger partial charge in [-0.1, -0.05) is 0 Å². The highest BCUT2D eigenvalue weighted by Crippen LogP contribution is 2.27. The largest absolute Gasteiger partial charge is 0.462 e. The van der Waals surface area contributed by atoms with Crippen LogP contribution in [0.15, 0.2) is 18.3 Å². The molecule has 110 valence electrons. The van der Waals surface area contributed by atoms with Crippen LogP contribution in [-0.2, 0) is 4.74 Å². The van der Waals surface area contributed by atoms with E-state index < -0.39 is 0 Å². The van der Waals surface area contributed by atoms with Gasteiger partial charge in [0.25, 0.3) is 0 Å². The van der Waals surface area contributed by atoms with E-state index in [1.54, 1.807) is 25.3 Å². The summed E-state index contributed by atoms with van der Waals surface area (Å²) in [5, 5.41) is 9.21. The van der Waals surface area contributed by atoms with Crippen LogP contribution in [0.5, 0.6) is 0 Å². The van der Waals surface area contributed by atoms with E-state index in [0.29, 0.717) is 24.4 Å². The number of carbonyl (C=O) groups excluding carboxylic acids is 1. The number of hydrogen-bond acceptors (Lipinski definition) is 5. The Morgan fingerprint density at radius 1 is 1.55 bits per heavy atom. The van der Waals surface area contributed by atoms with Crippen LogP contribution in [0, 0.1) is 0 Å². The van der Waals surface area contributed by atoms with E-state index in [1.807, 2.05) is 0 Å². The molecule has 0 aliphatic carbocycles. The highest BCUT2D eigenvalue weighted by molar-refractivity contribution is 5.94. The molecule has 5 heteroatoms. The molecule has 1 atom stereocenters. The fraction of sp³-hybridized carbons (Fsp3) is 0.600. The third-order valence-electron chi connectivity index (χ3n) is 3.64. The highest BCUT2D eigenvalue weighted by atomic mass is 16.5. The molecule has 0 spiro atoms. The molecular weight excluding hydrogens is 256 g/mol. The van der Waals surface area contributed by atoms with Gasteiger partial charge in [0.2, 0.25) is 0 Å². The summed E-state index contributed by atoms with van der Waals surface area (Å²) in [6, 6.07) is 3.75. The lowest BCUT2D eigenvalue weighted by Crippen LogP contribution is -2.41. The first kappa shape index (κ1) is 14.8. The van der Waals surface area contributed by atoms with E-state index in [-0.39, 0.29) is 18.6 Å². The predicted molar refractivity (Wildman–Crippen MR) is 76.9 cm³/mol. The number of nitrogens with zero attached hydrogens (tertiary/aromatic N) is 2. The summed E-state index contributed by atoms with van der Waals surface area (Å²) in [6.07, 6.45) is 5.67. The molecule has 20 heavy (non-hydrogen) atoms. The number of anilines is 1. The summed E-state index contributed by atoms with van der Waals surface area (Å²) in [5.74, 6) is 0.355. The molecule has 5 nitrogen and oxygen atoms in total. The van der Waals surface area contributed by atoms with E-state index in [1.165, 1.54) is 0 Å². The number of pyridine rings is 1. The molecule has 0 radical (unpaired) electrons. The summed E-state index contributed by atoms with van der Waals surface area (Å²) < 4.78 is 5.10. The molecule has 0 saturated carbocycles. The molecule has 0 amide bonds. The summed E-state index contributed by atoms with van der Waals surface area (Å²) >= 11 is 0. The van der Waals surface area contributed by atoms with Gasteiger partial charge in [0.1, 0.15) is 11.4 Å². The molecular formula is C15H22N2O3. The number of rotatable bonds is 5. The molecule has 0 bridgehead atoms. The van der Waals surface area contributed by atoms with Crippen LogP contribution in [0.3, 0.4) is 0 Å². The lowest BCUT2D eigenvalue weighted by molar-refractivity contribution is 0.0526. The van der Waals surface area contributed by atoms with Gasteiger partial charge in [-0.15, -0.1) is 0 Å². The Morgan fingerprint density at radius 2 is 2.40 bits per heavy atom. The molecule has 1 fully saturated rings. The number of carbonyl (C=O) groups is 1. The topological polar surface area (TPSA) is 62.7 Å². The highest BCUT2D eigenvalue weighted by Gasteiger charge is 2.27. The molecule has 1 aliphatic rings. The number of piperidine rings is 1. The molecule has 1 saturated heterocycles. The third-order valence-corrected chi connectivity index (χ3v) is 3.64. The van der Waals surface area contributed by atoms with Gasteiger partial charge in [-0.25, -0.2) is 9.78 Å². The Kier molecular flexibility index (Phi) is 5.35. The number of ether oxygens (including phenoxy) is 1. The smallest absolute Gasteiger partial charge is 0.341 e. The van der Waals surface area contributed by atoms with Gasteiger partial charge in [-0.2, -0.15) is 0 Å². The van der Waals surface area contributed by atoms with Crippen molar-refractivity contribution in [3.05, 3.63) is 23.9 Å². The lowest BCUT2D eigenvalue weighted by Gasteiger charge is -2.37. The summed E-state index contributed by atoms with van der Waals surface area (Å²) in [4.78, 5) is 18.6. The van der Waals surface area contributed by atoms with Crippen molar-refractivity contribution in [1.29, 1.82) is 0 Å². The third kappa shape index (κ3) is 3.28. The van der Waals surface area contributed by atoms with Gasteiger partial charge >= 0.3 is 5.97 Å². The molecule has 1 aromatic rings. The maximum Gasteiger partial charge on any atom is 0.341 e. The van der Waals surface area contributed by atoms with Crippen molar-refractivity contribution in [3.63, 3.8) is 0 Å². The summed E-state index contributed by atoms with van der Waals surface area (Å²) in [5.41, 5.74) is 0.513. The number of aliphatic hydroxyl groups is 1. The number of aliphatic hydroxyl groups excluding tert-OH is 1. The molecule has 1 unspecified atom stereocenters. The lowest BCUT2D eigenvalue weighted by atomic mass is 9.99. The number of aromatic nitrogens is 1. The van der Waals surface area contributed by atoms with Gasteiger partial charge in [-0.3, -0.25) is 0 Å². The summed E-state index contributed by atoms with van der Waals surface area (Å²) in [6.45, 7) is 3.17. The zero-order valence-corrected chi connectivity index (χ0v) is 11.9. The standard InChI is InChI=1S/C15H22N2O3/c1-2-20-15(19)13-7-5-9-16-14(13)17-10-4-3-6-12(17)8-11-18/h5,7,9,12,18H,2-4,6,8,10-11H2,1H3. The maximum atomic E-state index is 12.0. The molecule has 0 aromatic carbocycles. The van der Waals surface area contributed by atoms with Crippen molar-refractivity contribution in [3.8, 4) is 0 Å². The maximum absolute atomic E-state index is 12.0. The van der Waals surface area contributed by atoms with E-state index in [0.717, 1.165) is 25.8 Å². The first-order chi connectivity index (χ1) is 9.77. The monoisotopic (exact) mass is 278 g/mol. The Balaban J connectivity index is 2.27. The average molecular weight is 278 g/mol. The van der Waals surface area contributed by atoms with E-state index >= 15 is 0 Å². The van der Waals surface area contributed by atoms with Gasteiger partial charge in [0.15, 0.2) is 0 Å². The number of hydrogen-bond donors (Lipinski definition) is 1. The minimum absolute atomic E-state index is 0.155. The molecule has 1 aromatic heterocycles. The average Bonchev–Trinajstić information content (AvgIpc) is 2.48. The predicted octanol–water partition coefficient (Wildman–Crippen LogP) is 2.00. The normalized spacial score (nSPS) is 18.9. The van der Waals surface area contributed by atoms with Crippen LogP contribution in [0.25, 0.3) is 0 Å². The quantitative estimate of drug-likeness (QED) is 0.835. The van der Waals surface area contributed by atoms with Crippen LogP contribution in [0.2, 0.25) is 0 Å². The van der Waals surface area contributed by atoms with Gasteiger partial charge in [0.05, 0.1) is 6.61 Å². The first-order valence-corrected chi connectivity index (χ1v) is 7.27. The van der Waals surface area contributed by atoms with Crippen LogP contribution in [-0.4, -0.2) is 41.9 Å². The second-order valence-electron chi connectivity index (χ2n) is 4.95.